The van der Waals surface area contributed by atoms with Crippen molar-refractivity contribution in [1.82, 2.24) is 9.97 Å². The van der Waals surface area contributed by atoms with Crippen LogP contribution in [0.1, 0.15) is 17.1 Å². The van der Waals surface area contributed by atoms with Crippen LogP contribution in [0.25, 0.3) is 0 Å². The maximum absolute atomic E-state index is 12.1. The number of benzene rings is 2. The number of anilines is 3. The molecule has 2 N–H and O–H groups in total. The monoisotopic (exact) mass is 395 g/mol. The van der Waals surface area contributed by atoms with E-state index in [1.165, 1.54) is 0 Å². The largest absolute Gasteiger partial charge is 0.363 e. The van der Waals surface area contributed by atoms with Crippen LogP contribution < -0.4 is 15.5 Å². The normalized spacial score (nSPS) is 10.4. The molecule has 0 radical (unpaired) electrons. The Kier molecular flexibility index (Phi) is 6.11. The minimum absolute atomic E-state index is 0.312. The smallest absolute Gasteiger partial charge is 0.323 e. The minimum Gasteiger partial charge on any atom is -0.363 e. The standard InChI is InChI=1S/C21H22ClN5O/c1-14-12-20(27(2)3)26-19(23-14)13-15-4-8-17(9-5-15)24-21(28)25-18-10-6-16(22)7-11-18/h4-12H,13H2,1-3H3,(H2,24,25,28). The maximum atomic E-state index is 12.1. The SMILES string of the molecule is Cc1cc(N(C)C)nc(Cc2ccc(NC(=O)Nc3ccc(Cl)cc3)cc2)n1. The van der Waals surface area contributed by atoms with E-state index in [-0.39, 0.29) is 6.03 Å². The molecule has 1 heterocycles. The number of rotatable bonds is 5. The van der Waals surface area contributed by atoms with Gasteiger partial charge in [0.1, 0.15) is 11.6 Å². The number of nitrogens with one attached hydrogen (secondary N) is 2. The van der Waals surface area contributed by atoms with E-state index in [1.54, 1.807) is 24.3 Å². The fraction of sp³-hybridized carbons (Fsp3) is 0.190. The van der Waals surface area contributed by atoms with E-state index >= 15 is 0 Å². The Balaban J connectivity index is 1.62. The number of hydrogen-bond acceptors (Lipinski definition) is 4. The van der Waals surface area contributed by atoms with Crippen molar-refractivity contribution in [2.45, 2.75) is 13.3 Å². The van der Waals surface area contributed by atoms with Gasteiger partial charge in [0.05, 0.1) is 0 Å². The molecule has 2 aromatic carbocycles. The lowest BCUT2D eigenvalue weighted by molar-refractivity contribution is 0.262. The van der Waals surface area contributed by atoms with E-state index in [4.69, 9.17) is 11.6 Å². The average molecular weight is 396 g/mol. The molecule has 1 aromatic heterocycles. The molecule has 144 valence electrons. The van der Waals surface area contributed by atoms with Gasteiger partial charge in [0.25, 0.3) is 0 Å². The summed E-state index contributed by atoms with van der Waals surface area (Å²) in [6.45, 7) is 1.96. The van der Waals surface area contributed by atoms with E-state index in [0.29, 0.717) is 22.8 Å². The summed E-state index contributed by atoms with van der Waals surface area (Å²) in [5.74, 6) is 1.66. The second-order valence-corrected chi connectivity index (χ2v) is 7.07. The summed E-state index contributed by atoms with van der Waals surface area (Å²) in [6.07, 6.45) is 0.625. The van der Waals surface area contributed by atoms with Gasteiger partial charge in [-0.25, -0.2) is 14.8 Å². The summed E-state index contributed by atoms with van der Waals surface area (Å²) in [7, 11) is 3.92. The molecule has 0 saturated heterocycles. The summed E-state index contributed by atoms with van der Waals surface area (Å²) in [4.78, 5) is 23.2. The molecular weight excluding hydrogens is 374 g/mol. The third kappa shape index (κ3) is 5.44. The highest BCUT2D eigenvalue weighted by Gasteiger charge is 2.07. The van der Waals surface area contributed by atoms with Crippen molar-refractivity contribution in [3.8, 4) is 0 Å². The summed E-state index contributed by atoms with van der Waals surface area (Å²) in [5, 5.41) is 6.19. The maximum Gasteiger partial charge on any atom is 0.323 e. The molecule has 0 aliphatic heterocycles. The lowest BCUT2D eigenvalue weighted by Gasteiger charge is -2.13. The lowest BCUT2D eigenvalue weighted by atomic mass is 10.1. The van der Waals surface area contributed by atoms with Crippen LogP contribution in [0.5, 0.6) is 0 Å². The number of aryl methyl sites for hydroxylation is 1. The Morgan fingerprint density at radius 3 is 2.11 bits per heavy atom. The van der Waals surface area contributed by atoms with E-state index in [9.17, 15) is 4.79 Å². The topological polar surface area (TPSA) is 70.2 Å². The van der Waals surface area contributed by atoms with E-state index in [2.05, 4.69) is 20.6 Å². The number of carbonyl (C=O) groups excluding carboxylic acids is 1. The van der Waals surface area contributed by atoms with Crippen LogP contribution in [0.4, 0.5) is 22.0 Å². The molecule has 28 heavy (non-hydrogen) atoms. The zero-order valence-electron chi connectivity index (χ0n) is 16.0. The van der Waals surface area contributed by atoms with Crippen LogP contribution in [-0.4, -0.2) is 30.1 Å². The third-order valence-corrected chi connectivity index (χ3v) is 4.27. The Morgan fingerprint density at radius 1 is 0.964 bits per heavy atom. The third-order valence-electron chi connectivity index (χ3n) is 4.02. The molecule has 2 amide bonds. The van der Waals surface area contributed by atoms with Crippen molar-refractivity contribution in [2.24, 2.45) is 0 Å². The van der Waals surface area contributed by atoms with Gasteiger partial charge in [0.15, 0.2) is 0 Å². The number of halogens is 1. The fourth-order valence-electron chi connectivity index (χ4n) is 2.64. The predicted octanol–water partition coefficient (Wildman–Crippen LogP) is 4.74. The van der Waals surface area contributed by atoms with E-state index < -0.39 is 0 Å². The summed E-state index contributed by atoms with van der Waals surface area (Å²) >= 11 is 5.84. The molecule has 0 aliphatic carbocycles. The summed E-state index contributed by atoms with van der Waals surface area (Å²) in [6, 6.07) is 16.2. The van der Waals surface area contributed by atoms with Crippen LogP contribution in [-0.2, 0) is 6.42 Å². The van der Waals surface area contributed by atoms with Gasteiger partial charge < -0.3 is 15.5 Å². The first-order valence-corrected chi connectivity index (χ1v) is 9.21. The van der Waals surface area contributed by atoms with Gasteiger partial charge in [-0.15, -0.1) is 0 Å². The minimum atomic E-state index is -0.312. The second kappa shape index (κ2) is 8.71. The van der Waals surface area contributed by atoms with E-state index in [1.807, 2.05) is 56.3 Å². The molecule has 7 heteroatoms. The van der Waals surface area contributed by atoms with Gasteiger partial charge >= 0.3 is 6.03 Å². The van der Waals surface area contributed by atoms with Gasteiger partial charge in [-0.2, -0.15) is 0 Å². The van der Waals surface area contributed by atoms with Crippen LogP contribution in [0.15, 0.2) is 54.6 Å². The number of carbonyl (C=O) groups is 1. The highest BCUT2D eigenvalue weighted by Crippen LogP contribution is 2.16. The molecule has 0 bridgehead atoms. The number of nitrogens with zero attached hydrogens (tertiary/aromatic N) is 3. The van der Waals surface area contributed by atoms with Crippen molar-refractivity contribution in [1.29, 1.82) is 0 Å². The van der Waals surface area contributed by atoms with Crippen molar-refractivity contribution >= 4 is 34.8 Å². The number of hydrogen-bond donors (Lipinski definition) is 2. The van der Waals surface area contributed by atoms with Gasteiger partial charge in [0, 0.05) is 48.7 Å². The molecule has 0 saturated carbocycles. The Bertz CT molecular complexity index is 956. The molecule has 0 fully saturated rings. The van der Waals surface area contributed by atoms with Gasteiger partial charge in [-0.1, -0.05) is 23.7 Å². The molecule has 0 aliphatic rings. The molecular formula is C21H22ClN5O. The first kappa shape index (κ1) is 19.6. The van der Waals surface area contributed by atoms with Crippen molar-refractivity contribution in [3.05, 3.63) is 76.7 Å². The Morgan fingerprint density at radius 2 is 1.54 bits per heavy atom. The Labute approximate surface area is 169 Å². The van der Waals surface area contributed by atoms with Crippen LogP contribution in [0, 0.1) is 6.92 Å². The number of aromatic nitrogens is 2. The molecule has 0 unspecified atom stereocenters. The highest BCUT2D eigenvalue weighted by atomic mass is 35.5. The summed E-state index contributed by atoms with van der Waals surface area (Å²) < 4.78 is 0. The second-order valence-electron chi connectivity index (χ2n) is 6.64. The fourth-order valence-corrected chi connectivity index (χ4v) is 2.76. The van der Waals surface area contributed by atoms with Crippen molar-refractivity contribution in [3.63, 3.8) is 0 Å². The van der Waals surface area contributed by atoms with Crippen LogP contribution in [0.3, 0.4) is 0 Å². The van der Waals surface area contributed by atoms with Gasteiger partial charge in [-0.3, -0.25) is 0 Å². The molecule has 3 rings (SSSR count). The lowest BCUT2D eigenvalue weighted by Crippen LogP contribution is -2.19. The molecule has 0 atom stereocenters. The quantitative estimate of drug-likeness (QED) is 0.654. The van der Waals surface area contributed by atoms with E-state index in [0.717, 1.165) is 22.9 Å². The zero-order chi connectivity index (χ0) is 20.1. The first-order chi connectivity index (χ1) is 13.4. The zero-order valence-corrected chi connectivity index (χ0v) is 16.8. The molecule has 6 nitrogen and oxygen atoms in total. The van der Waals surface area contributed by atoms with Crippen molar-refractivity contribution < 1.29 is 4.79 Å². The Hall–Kier alpha value is -3.12. The average Bonchev–Trinajstić information content (AvgIpc) is 2.65. The van der Waals surface area contributed by atoms with Gasteiger partial charge in [0.2, 0.25) is 0 Å². The predicted molar refractivity (Wildman–Crippen MR) is 114 cm³/mol. The van der Waals surface area contributed by atoms with Crippen molar-refractivity contribution in [2.75, 3.05) is 29.6 Å². The summed E-state index contributed by atoms with van der Waals surface area (Å²) in [5.41, 5.74) is 3.38. The number of urea groups is 1. The molecule has 0 spiro atoms. The highest BCUT2D eigenvalue weighted by molar-refractivity contribution is 6.30. The molecule has 3 aromatic rings. The van der Waals surface area contributed by atoms with Crippen LogP contribution >= 0.6 is 11.6 Å². The first-order valence-electron chi connectivity index (χ1n) is 8.83. The van der Waals surface area contributed by atoms with Crippen LogP contribution in [0.2, 0.25) is 5.02 Å². The van der Waals surface area contributed by atoms with Gasteiger partial charge in [-0.05, 0) is 48.9 Å². The number of amides is 2.